The molecule has 0 aliphatic heterocycles. The maximum absolute atomic E-state index is 12.2. The van der Waals surface area contributed by atoms with Gasteiger partial charge in [-0.1, -0.05) is 39.8 Å². The fourth-order valence-electron chi connectivity index (χ4n) is 3.24. The van der Waals surface area contributed by atoms with Crippen LogP contribution in [0.15, 0.2) is 4.52 Å². The first-order chi connectivity index (χ1) is 10.8. The van der Waals surface area contributed by atoms with Crippen LogP contribution in [0.3, 0.4) is 0 Å². The standard InChI is InChI=1S/C18H30N2O3/c1-12(2)10-15-19-16(23-20-15)11-22-17(21)13-6-8-14(9-7-13)18(3,4)5/h12-14H,6-11H2,1-5H3. The Morgan fingerprint density at radius 1 is 1.26 bits per heavy atom. The molecular formula is C18H30N2O3. The molecule has 0 radical (unpaired) electrons. The third-order valence-corrected chi connectivity index (χ3v) is 4.72. The minimum absolute atomic E-state index is 0.0201. The Balaban J connectivity index is 1.76. The van der Waals surface area contributed by atoms with E-state index in [0.29, 0.717) is 29.0 Å². The van der Waals surface area contributed by atoms with E-state index >= 15 is 0 Å². The van der Waals surface area contributed by atoms with Crippen LogP contribution < -0.4 is 0 Å². The molecule has 130 valence electrons. The molecule has 0 bridgehead atoms. The topological polar surface area (TPSA) is 65.2 Å². The fourth-order valence-corrected chi connectivity index (χ4v) is 3.24. The molecule has 1 saturated carbocycles. The van der Waals surface area contributed by atoms with Gasteiger partial charge in [0.1, 0.15) is 0 Å². The Labute approximate surface area is 139 Å². The lowest BCUT2D eigenvalue weighted by atomic mass is 9.70. The van der Waals surface area contributed by atoms with Crippen molar-refractivity contribution in [1.29, 1.82) is 0 Å². The van der Waals surface area contributed by atoms with E-state index in [1.165, 1.54) is 0 Å². The van der Waals surface area contributed by atoms with Gasteiger partial charge in [-0.25, -0.2) is 0 Å². The van der Waals surface area contributed by atoms with Crippen molar-refractivity contribution in [3.63, 3.8) is 0 Å². The molecule has 1 aromatic rings. The zero-order valence-electron chi connectivity index (χ0n) is 15.1. The van der Waals surface area contributed by atoms with Crippen LogP contribution >= 0.6 is 0 Å². The highest BCUT2D eigenvalue weighted by molar-refractivity contribution is 5.72. The molecule has 1 heterocycles. The highest BCUT2D eigenvalue weighted by Crippen LogP contribution is 2.40. The molecule has 1 aliphatic carbocycles. The van der Waals surface area contributed by atoms with Gasteiger partial charge >= 0.3 is 5.97 Å². The van der Waals surface area contributed by atoms with E-state index in [1.807, 2.05) is 0 Å². The normalized spacial score (nSPS) is 22.3. The van der Waals surface area contributed by atoms with Gasteiger partial charge in [0.25, 0.3) is 5.89 Å². The molecule has 0 atom stereocenters. The fraction of sp³-hybridized carbons (Fsp3) is 0.833. The Kier molecular flexibility index (Phi) is 5.82. The summed E-state index contributed by atoms with van der Waals surface area (Å²) in [6, 6.07) is 0. The first kappa shape index (κ1) is 18.0. The second-order valence-corrected chi connectivity index (χ2v) is 8.22. The smallest absolute Gasteiger partial charge is 0.309 e. The van der Waals surface area contributed by atoms with Gasteiger partial charge in [-0.3, -0.25) is 4.79 Å². The molecule has 0 aromatic carbocycles. The molecule has 5 heteroatoms. The summed E-state index contributed by atoms with van der Waals surface area (Å²) in [7, 11) is 0. The number of esters is 1. The summed E-state index contributed by atoms with van der Waals surface area (Å²) >= 11 is 0. The summed E-state index contributed by atoms with van der Waals surface area (Å²) in [4.78, 5) is 16.5. The average molecular weight is 322 g/mol. The monoisotopic (exact) mass is 322 g/mol. The number of hydrogen-bond donors (Lipinski definition) is 0. The van der Waals surface area contributed by atoms with Gasteiger partial charge in [0.05, 0.1) is 5.92 Å². The molecule has 5 nitrogen and oxygen atoms in total. The van der Waals surface area contributed by atoms with Crippen molar-refractivity contribution < 1.29 is 14.1 Å². The molecule has 1 fully saturated rings. The van der Waals surface area contributed by atoms with Crippen LogP contribution in [0.1, 0.15) is 72.0 Å². The Bertz CT molecular complexity index is 509. The van der Waals surface area contributed by atoms with E-state index in [0.717, 1.165) is 32.1 Å². The van der Waals surface area contributed by atoms with Crippen LogP contribution in [0.25, 0.3) is 0 Å². The molecule has 0 amide bonds. The van der Waals surface area contributed by atoms with Crippen molar-refractivity contribution in [2.75, 3.05) is 0 Å². The van der Waals surface area contributed by atoms with E-state index in [1.54, 1.807) is 0 Å². The minimum Gasteiger partial charge on any atom is -0.455 e. The Morgan fingerprint density at radius 2 is 1.91 bits per heavy atom. The molecule has 0 unspecified atom stereocenters. The maximum Gasteiger partial charge on any atom is 0.309 e. The summed E-state index contributed by atoms with van der Waals surface area (Å²) in [6.07, 6.45) is 4.81. The third kappa shape index (κ3) is 5.33. The maximum atomic E-state index is 12.2. The van der Waals surface area contributed by atoms with E-state index in [-0.39, 0.29) is 18.5 Å². The van der Waals surface area contributed by atoms with Crippen molar-refractivity contribution in [2.24, 2.45) is 23.2 Å². The molecule has 23 heavy (non-hydrogen) atoms. The van der Waals surface area contributed by atoms with Crippen molar-refractivity contribution in [3.05, 3.63) is 11.7 Å². The number of nitrogens with zero attached hydrogens (tertiary/aromatic N) is 2. The molecule has 1 aliphatic rings. The predicted octanol–water partition coefficient (Wildman–Crippen LogP) is 4.16. The van der Waals surface area contributed by atoms with Gasteiger partial charge in [0.2, 0.25) is 0 Å². The van der Waals surface area contributed by atoms with E-state index < -0.39 is 0 Å². The van der Waals surface area contributed by atoms with Gasteiger partial charge in [-0.15, -0.1) is 0 Å². The second kappa shape index (κ2) is 7.45. The summed E-state index contributed by atoms with van der Waals surface area (Å²) in [5.74, 6) is 2.13. The molecule has 1 aromatic heterocycles. The highest BCUT2D eigenvalue weighted by atomic mass is 16.6. The first-order valence-electron chi connectivity index (χ1n) is 8.73. The summed E-state index contributed by atoms with van der Waals surface area (Å²) in [5, 5.41) is 3.91. The zero-order valence-corrected chi connectivity index (χ0v) is 15.1. The number of rotatable bonds is 5. The number of carbonyl (C=O) groups is 1. The molecular weight excluding hydrogens is 292 g/mol. The minimum atomic E-state index is -0.124. The number of hydrogen-bond acceptors (Lipinski definition) is 5. The Hall–Kier alpha value is -1.39. The van der Waals surface area contributed by atoms with Gasteiger partial charge in [0.15, 0.2) is 12.4 Å². The van der Waals surface area contributed by atoms with Crippen molar-refractivity contribution >= 4 is 5.97 Å². The Morgan fingerprint density at radius 3 is 2.48 bits per heavy atom. The summed E-state index contributed by atoms with van der Waals surface area (Å²) < 4.78 is 10.5. The molecule has 0 N–H and O–H groups in total. The van der Waals surface area contributed by atoms with Gasteiger partial charge < -0.3 is 9.26 Å². The SMILES string of the molecule is CC(C)Cc1noc(COC(=O)C2CCC(C(C)(C)C)CC2)n1. The number of carbonyl (C=O) groups excluding carboxylic acids is 1. The lowest BCUT2D eigenvalue weighted by Crippen LogP contribution is -2.29. The van der Waals surface area contributed by atoms with Crippen molar-refractivity contribution in [1.82, 2.24) is 10.1 Å². The van der Waals surface area contributed by atoms with E-state index in [4.69, 9.17) is 9.26 Å². The second-order valence-electron chi connectivity index (χ2n) is 8.22. The predicted molar refractivity (Wildman–Crippen MR) is 87.5 cm³/mol. The highest BCUT2D eigenvalue weighted by Gasteiger charge is 2.33. The van der Waals surface area contributed by atoms with E-state index in [9.17, 15) is 4.79 Å². The van der Waals surface area contributed by atoms with Gasteiger partial charge in [-0.2, -0.15) is 4.98 Å². The number of ether oxygens (including phenoxy) is 1. The first-order valence-corrected chi connectivity index (χ1v) is 8.73. The number of aromatic nitrogens is 2. The van der Waals surface area contributed by atoms with Crippen molar-refractivity contribution in [2.45, 2.75) is 73.3 Å². The summed E-state index contributed by atoms with van der Waals surface area (Å²) in [6.45, 7) is 11.1. The zero-order chi connectivity index (χ0) is 17.0. The third-order valence-electron chi connectivity index (χ3n) is 4.72. The van der Waals surface area contributed by atoms with Crippen molar-refractivity contribution in [3.8, 4) is 0 Å². The quantitative estimate of drug-likeness (QED) is 0.761. The average Bonchev–Trinajstić information content (AvgIpc) is 2.90. The molecule has 2 rings (SSSR count). The van der Waals surface area contributed by atoms with Crippen LogP contribution in [0, 0.1) is 23.2 Å². The molecule has 0 saturated heterocycles. The van der Waals surface area contributed by atoms with Crippen LogP contribution in [0.4, 0.5) is 0 Å². The summed E-state index contributed by atoms with van der Waals surface area (Å²) in [5.41, 5.74) is 0.325. The van der Waals surface area contributed by atoms with Crippen LogP contribution in [0.2, 0.25) is 0 Å². The van der Waals surface area contributed by atoms with Gasteiger partial charge in [-0.05, 0) is 42.9 Å². The van der Waals surface area contributed by atoms with Crippen LogP contribution in [0.5, 0.6) is 0 Å². The molecule has 0 spiro atoms. The van der Waals surface area contributed by atoms with Gasteiger partial charge in [0, 0.05) is 6.42 Å². The van der Waals surface area contributed by atoms with Crippen LogP contribution in [-0.4, -0.2) is 16.1 Å². The van der Waals surface area contributed by atoms with Crippen LogP contribution in [-0.2, 0) is 22.6 Å². The largest absolute Gasteiger partial charge is 0.455 e. The van der Waals surface area contributed by atoms with E-state index in [2.05, 4.69) is 44.8 Å². The lowest BCUT2D eigenvalue weighted by molar-refractivity contribution is -0.152. The lowest BCUT2D eigenvalue weighted by Gasteiger charge is -2.36.